The second-order valence-electron chi connectivity index (χ2n) is 4.05. The Labute approximate surface area is 123 Å². The molecule has 0 aliphatic carbocycles. The fourth-order valence-corrected chi connectivity index (χ4v) is 1.78. The molecule has 0 aromatic heterocycles. The van der Waals surface area contributed by atoms with Gasteiger partial charge in [-0.25, -0.2) is 8.78 Å². The van der Waals surface area contributed by atoms with Crippen molar-refractivity contribution in [2.24, 2.45) is 0 Å². The van der Waals surface area contributed by atoms with Crippen LogP contribution in [-0.2, 0) is 0 Å². The number of carbonyl (C=O) groups excluding carboxylic acids is 2. The summed E-state index contributed by atoms with van der Waals surface area (Å²) in [7, 11) is 0. The summed E-state index contributed by atoms with van der Waals surface area (Å²) in [5, 5.41) is 11.5. The number of hydrogen-bond acceptors (Lipinski definition) is 3. The maximum Gasteiger partial charge on any atom is 0.261 e. The Morgan fingerprint density at radius 1 is 1.05 bits per heavy atom. The molecule has 0 radical (unpaired) electrons. The molecule has 2 aromatic carbocycles. The molecule has 2 N–H and O–H groups in total. The van der Waals surface area contributed by atoms with Gasteiger partial charge in [-0.1, -0.05) is 17.7 Å². The van der Waals surface area contributed by atoms with Crippen molar-refractivity contribution in [1.82, 2.24) is 5.32 Å². The van der Waals surface area contributed by atoms with Crippen molar-refractivity contribution in [1.29, 1.82) is 0 Å². The van der Waals surface area contributed by atoms with Gasteiger partial charge in [0, 0.05) is 5.02 Å². The minimum absolute atomic E-state index is 0.169. The van der Waals surface area contributed by atoms with Crippen LogP contribution >= 0.6 is 11.6 Å². The van der Waals surface area contributed by atoms with E-state index in [0.29, 0.717) is 0 Å². The maximum atomic E-state index is 13.4. The third-order valence-electron chi connectivity index (χ3n) is 2.63. The summed E-state index contributed by atoms with van der Waals surface area (Å²) in [5.41, 5.74) is -0.877. The minimum atomic E-state index is -1.36. The second-order valence-corrected chi connectivity index (χ2v) is 4.48. The van der Waals surface area contributed by atoms with Gasteiger partial charge in [0.1, 0.15) is 5.75 Å². The first kappa shape index (κ1) is 14.9. The van der Waals surface area contributed by atoms with Gasteiger partial charge in [0.15, 0.2) is 11.6 Å². The summed E-state index contributed by atoms with van der Waals surface area (Å²) < 4.78 is 26.5. The van der Waals surface area contributed by atoms with Crippen molar-refractivity contribution in [2.45, 2.75) is 0 Å². The fourth-order valence-electron chi connectivity index (χ4n) is 1.61. The third kappa shape index (κ3) is 3.17. The van der Waals surface area contributed by atoms with E-state index < -0.39 is 34.8 Å². The first-order chi connectivity index (χ1) is 9.90. The molecule has 0 saturated heterocycles. The van der Waals surface area contributed by atoms with Gasteiger partial charge in [-0.3, -0.25) is 14.9 Å². The Morgan fingerprint density at radius 3 is 2.43 bits per heavy atom. The molecule has 0 aliphatic rings. The van der Waals surface area contributed by atoms with E-state index in [4.69, 9.17) is 11.6 Å². The number of aromatic hydroxyl groups is 1. The summed E-state index contributed by atoms with van der Waals surface area (Å²) >= 11 is 5.67. The lowest BCUT2D eigenvalue weighted by atomic mass is 10.1. The van der Waals surface area contributed by atoms with E-state index in [9.17, 15) is 23.5 Å². The van der Waals surface area contributed by atoms with Crippen LogP contribution in [0.25, 0.3) is 0 Å². The van der Waals surface area contributed by atoms with Crippen LogP contribution in [0.5, 0.6) is 5.75 Å². The van der Waals surface area contributed by atoms with Gasteiger partial charge in [0.05, 0.1) is 11.1 Å². The molecule has 0 heterocycles. The van der Waals surface area contributed by atoms with Crippen LogP contribution in [0, 0.1) is 11.6 Å². The summed E-state index contributed by atoms with van der Waals surface area (Å²) in [6.45, 7) is 0. The lowest BCUT2D eigenvalue weighted by molar-refractivity contribution is 0.0845. The molecule has 0 atom stereocenters. The summed E-state index contributed by atoms with van der Waals surface area (Å²) in [6.07, 6.45) is 0. The SMILES string of the molecule is O=C(NC(=O)c1cccc(F)c1F)c1cc(Cl)ccc1O. The van der Waals surface area contributed by atoms with Gasteiger partial charge in [-0.05, 0) is 30.3 Å². The number of phenols is 1. The molecular formula is C14H8ClF2NO3. The summed E-state index contributed by atoms with van der Waals surface area (Å²) in [6, 6.07) is 6.66. The molecule has 0 aliphatic heterocycles. The van der Waals surface area contributed by atoms with Gasteiger partial charge in [0.25, 0.3) is 11.8 Å². The predicted molar refractivity (Wildman–Crippen MR) is 71.3 cm³/mol. The predicted octanol–water partition coefficient (Wildman–Crippen LogP) is 2.89. The Morgan fingerprint density at radius 2 is 1.71 bits per heavy atom. The third-order valence-corrected chi connectivity index (χ3v) is 2.86. The molecule has 2 rings (SSSR count). The second kappa shape index (κ2) is 5.88. The fraction of sp³-hybridized carbons (Fsp3) is 0. The highest BCUT2D eigenvalue weighted by atomic mass is 35.5. The number of rotatable bonds is 2. The van der Waals surface area contributed by atoms with Crippen LogP contribution in [0.15, 0.2) is 36.4 Å². The van der Waals surface area contributed by atoms with Crippen LogP contribution < -0.4 is 5.32 Å². The van der Waals surface area contributed by atoms with E-state index in [1.807, 2.05) is 5.32 Å². The molecule has 7 heteroatoms. The van der Waals surface area contributed by atoms with Crippen molar-refractivity contribution in [3.63, 3.8) is 0 Å². The number of nitrogens with one attached hydrogen (secondary N) is 1. The molecule has 0 bridgehead atoms. The molecule has 21 heavy (non-hydrogen) atoms. The van der Waals surface area contributed by atoms with Crippen molar-refractivity contribution >= 4 is 23.4 Å². The number of benzene rings is 2. The quantitative estimate of drug-likeness (QED) is 0.838. The van der Waals surface area contributed by atoms with E-state index in [-0.39, 0.29) is 10.6 Å². The monoisotopic (exact) mass is 311 g/mol. The molecule has 0 unspecified atom stereocenters. The number of halogens is 3. The van der Waals surface area contributed by atoms with E-state index in [2.05, 4.69) is 0 Å². The lowest BCUT2D eigenvalue weighted by Crippen LogP contribution is -2.31. The molecule has 0 spiro atoms. The molecule has 0 fully saturated rings. The van der Waals surface area contributed by atoms with Crippen molar-refractivity contribution in [3.8, 4) is 5.75 Å². The topological polar surface area (TPSA) is 66.4 Å². The maximum absolute atomic E-state index is 13.4. The van der Waals surface area contributed by atoms with Gasteiger partial charge in [0.2, 0.25) is 0 Å². The van der Waals surface area contributed by atoms with E-state index in [0.717, 1.165) is 24.3 Å². The Bertz CT molecular complexity index is 722. The zero-order valence-corrected chi connectivity index (χ0v) is 11.1. The standard InChI is InChI=1S/C14H8ClF2NO3/c15-7-4-5-11(19)9(6-7)14(21)18-13(20)8-2-1-3-10(16)12(8)17/h1-6,19H,(H,18,20,21). The molecule has 2 aromatic rings. The molecule has 2 amide bonds. The number of imide groups is 1. The first-order valence-corrected chi connectivity index (χ1v) is 6.06. The van der Waals surface area contributed by atoms with E-state index in [1.165, 1.54) is 12.1 Å². The van der Waals surface area contributed by atoms with Crippen molar-refractivity contribution in [2.75, 3.05) is 0 Å². The number of amides is 2. The molecule has 4 nitrogen and oxygen atoms in total. The lowest BCUT2D eigenvalue weighted by Gasteiger charge is -2.07. The van der Waals surface area contributed by atoms with Crippen LogP contribution in [0.4, 0.5) is 8.78 Å². The highest BCUT2D eigenvalue weighted by molar-refractivity contribution is 6.31. The number of phenolic OH excluding ortho intramolecular Hbond substituents is 1. The van der Waals surface area contributed by atoms with E-state index in [1.54, 1.807) is 0 Å². The average molecular weight is 312 g/mol. The Balaban J connectivity index is 2.25. The number of hydrogen-bond donors (Lipinski definition) is 2. The smallest absolute Gasteiger partial charge is 0.261 e. The zero-order chi connectivity index (χ0) is 15.6. The Hall–Kier alpha value is -2.47. The Kier molecular flexibility index (Phi) is 4.18. The highest BCUT2D eigenvalue weighted by Crippen LogP contribution is 2.21. The summed E-state index contributed by atoms with van der Waals surface area (Å²) in [5.74, 6) is -5.08. The zero-order valence-electron chi connectivity index (χ0n) is 10.4. The normalized spacial score (nSPS) is 10.2. The number of carbonyl (C=O) groups is 2. The van der Waals surface area contributed by atoms with Crippen LogP contribution in [0.3, 0.4) is 0 Å². The first-order valence-electron chi connectivity index (χ1n) is 5.68. The van der Waals surface area contributed by atoms with Gasteiger partial charge >= 0.3 is 0 Å². The minimum Gasteiger partial charge on any atom is -0.507 e. The van der Waals surface area contributed by atoms with Crippen LogP contribution in [0.1, 0.15) is 20.7 Å². The van der Waals surface area contributed by atoms with Gasteiger partial charge in [-0.2, -0.15) is 0 Å². The highest BCUT2D eigenvalue weighted by Gasteiger charge is 2.19. The molecule has 108 valence electrons. The van der Waals surface area contributed by atoms with E-state index >= 15 is 0 Å². The average Bonchev–Trinajstić information content (AvgIpc) is 2.44. The molecule has 0 saturated carbocycles. The molecular weight excluding hydrogens is 304 g/mol. The van der Waals surface area contributed by atoms with Crippen LogP contribution in [0.2, 0.25) is 5.02 Å². The van der Waals surface area contributed by atoms with Crippen molar-refractivity contribution in [3.05, 3.63) is 64.2 Å². The van der Waals surface area contributed by atoms with Gasteiger partial charge in [-0.15, -0.1) is 0 Å². The van der Waals surface area contributed by atoms with Crippen LogP contribution in [-0.4, -0.2) is 16.9 Å². The largest absolute Gasteiger partial charge is 0.507 e. The summed E-state index contributed by atoms with van der Waals surface area (Å²) in [4.78, 5) is 23.6. The van der Waals surface area contributed by atoms with Crippen molar-refractivity contribution < 1.29 is 23.5 Å². The van der Waals surface area contributed by atoms with Gasteiger partial charge < -0.3 is 5.11 Å².